The summed E-state index contributed by atoms with van der Waals surface area (Å²) in [5.74, 6) is 0.716. The molecule has 2 heterocycles. The first-order valence-electron chi connectivity index (χ1n) is 8.49. The molecule has 2 aromatic rings. The predicted molar refractivity (Wildman–Crippen MR) is 91.9 cm³/mol. The summed E-state index contributed by atoms with van der Waals surface area (Å²) < 4.78 is 0. The zero-order valence-electron chi connectivity index (χ0n) is 13.3. The lowest BCUT2D eigenvalue weighted by atomic mass is 9.91. The van der Waals surface area contributed by atoms with Gasteiger partial charge in [0.15, 0.2) is 0 Å². The molecular formula is C18H23N5. The van der Waals surface area contributed by atoms with Crippen LogP contribution >= 0.6 is 0 Å². The Morgan fingerprint density at radius 2 is 1.87 bits per heavy atom. The zero-order valence-corrected chi connectivity index (χ0v) is 13.3. The zero-order chi connectivity index (χ0) is 15.6. The fourth-order valence-electron chi connectivity index (χ4n) is 3.57. The van der Waals surface area contributed by atoms with Crippen LogP contribution < -0.4 is 16.4 Å². The normalized spacial score (nSPS) is 23.5. The van der Waals surface area contributed by atoms with Crippen molar-refractivity contribution in [3.8, 4) is 11.3 Å². The SMILES string of the molecule is N[C@H]1CCCC[C@H]1Nc1nc2c(c(-c3ccccc3)n1)CNC2. The highest BCUT2D eigenvalue weighted by Crippen LogP contribution is 2.28. The number of aromatic nitrogens is 2. The summed E-state index contributed by atoms with van der Waals surface area (Å²) in [6, 6.07) is 10.8. The number of rotatable bonds is 3. The van der Waals surface area contributed by atoms with Gasteiger partial charge in [-0.05, 0) is 12.8 Å². The van der Waals surface area contributed by atoms with E-state index in [-0.39, 0.29) is 12.1 Å². The Hall–Kier alpha value is -1.98. The number of nitrogens with one attached hydrogen (secondary N) is 2. The van der Waals surface area contributed by atoms with Crippen molar-refractivity contribution in [2.45, 2.75) is 50.9 Å². The van der Waals surface area contributed by atoms with Gasteiger partial charge in [-0.2, -0.15) is 0 Å². The van der Waals surface area contributed by atoms with Crippen molar-refractivity contribution in [3.05, 3.63) is 41.6 Å². The van der Waals surface area contributed by atoms with Gasteiger partial charge in [-0.25, -0.2) is 9.97 Å². The largest absolute Gasteiger partial charge is 0.350 e. The van der Waals surface area contributed by atoms with Crippen molar-refractivity contribution in [2.75, 3.05) is 5.32 Å². The minimum absolute atomic E-state index is 0.193. The van der Waals surface area contributed by atoms with E-state index in [1.54, 1.807) is 0 Å². The minimum atomic E-state index is 0.193. The standard InChI is InChI=1S/C18H23N5/c19-14-8-4-5-9-15(14)21-18-22-16-11-20-10-13(16)17(23-18)12-6-2-1-3-7-12/h1-3,6-7,14-15,20H,4-5,8-11,19H2,(H,21,22,23)/t14-,15+/m0/s1. The van der Waals surface area contributed by atoms with E-state index in [2.05, 4.69) is 34.9 Å². The van der Waals surface area contributed by atoms with Gasteiger partial charge in [-0.1, -0.05) is 43.2 Å². The Balaban J connectivity index is 1.68. The number of hydrogen-bond donors (Lipinski definition) is 3. The number of nitrogens with two attached hydrogens (primary N) is 1. The van der Waals surface area contributed by atoms with Gasteiger partial charge < -0.3 is 16.4 Å². The number of anilines is 1. The van der Waals surface area contributed by atoms with Crippen LogP contribution in [0.5, 0.6) is 0 Å². The van der Waals surface area contributed by atoms with Gasteiger partial charge in [-0.3, -0.25) is 0 Å². The fraction of sp³-hybridized carbons (Fsp3) is 0.444. The first-order valence-corrected chi connectivity index (χ1v) is 8.49. The third kappa shape index (κ3) is 2.94. The average Bonchev–Trinajstić information content (AvgIpc) is 3.05. The van der Waals surface area contributed by atoms with Gasteiger partial charge in [0, 0.05) is 36.3 Å². The molecule has 0 radical (unpaired) electrons. The van der Waals surface area contributed by atoms with Crippen LogP contribution in [0.2, 0.25) is 0 Å². The van der Waals surface area contributed by atoms with Crippen LogP contribution in [0, 0.1) is 0 Å². The second-order valence-electron chi connectivity index (χ2n) is 6.49. The number of benzene rings is 1. The highest BCUT2D eigenvalue weighted by Gasteiger charge is 2.24. The van der Waals surface area contributed by atoms with E-state index in [4.69, 9.17) is 15.7 Å². The first-order chi connectivity index (χ1) is 11.3. The molecular weight excluding hydrogens is 286 g/mol. The fourth-order valence-corrected chi connectivity index (χ4v) is 3.57. The van der Waals surface area contributed by atoms with Crippen LogP contribution in [-0.4, -0.2) is 22.1 Å². The van der Waals surface area contributed by atoms with Crippen LogP contribution in [0.25, 0.3) is 11.3 Å². The monoisotopic (exact) mass is 309 g/mol. The second kappa shape index (κ2) is 6.26. The van der Waals surface area contributed by atoms with Gasteiger partial charge in [0.05, 0.1) is 11.4 Å². The Labute approximate surface area is 136 Å². The van der Waals surface area contributed by atoms with E-state index < -0.39 is 0 Å². The van der Waals surface area contributed by atoms with Crippen LogP contribution in [0.4, 0.5) is 5.95 Å². The van der Waals surface area contributed by atoms with Crippen LogP contribution in [0.1, 0.15) is 36.9 Å². The second-order valence-corrected chi connectivity index (χ2v) is 6.49. The van der Waals surface area contributed by atoms with Gasteiger partial charge >= 0.3 is 0 Å². The topological polar surface area (TPSA) is 75.9 Å². The molecule has 2 aliphatic rings. The Morgan fingerprint density at radius 3 is 2.70 bits per heavy atom. The number of fused-ring (bicyclic) bond motifs is 1. The number of nitrogens with zero attached hydrogens (tertiary/aromatic N) is 2. The summed E-state index contributed by atoms with van der Waals surface area (Å²) in [4.78, 5) is 9.55. The van der Waals surface area contributed by atoms with Crippen LogP contribution in [0.3, 0.4) is 0 Å². The smallest absolute Gasteiger partial charge is 0.223 e. The maximum atomic E-state index is 6.26. The molecule has 120 valence electrons. The van der Waals surface area contributed by atoms with Gasteiger partial charge in [0.25, 0.3) is 0 Å². The summed E-state index contributed by atoms with van der Waals surface area (Å²) in [6.07, 6.45) is 4.63. The summed E-state index contributed by atoms with van der Waals surface area (Å²) in [7, 11) is 0. The van der Waals surface area contributed by atoms with Crippen LogP contribution in [-0.2, 0) is 13.1 Å². The molecule has 1 aliphatic carbocycles. The summed E-state index contributed by atoms with van der Waals surface area (Å²) in [5, 5.41) is 6.88. The van der Waals surface area contributed by atoms with E-state index in [0.717, 1.165) is 42.9 Å². The van der Waals surface area contributed by atoms with E-state index >= 15 is 0 Å². The van der Waals surface area contributed by atoms with E-state index in [0.29, 0.717) is 5.95 Å². The third-order valence-corrected chi connectivity index (χ3v) is 4.87. The highest BCUT2D eigenvalue weighted by atomic mass is 15.1. The molecule has 1 saturated carbocycles. The maximum absolute atomic E-state index is 6.26. The summed E-state index contributed by atoms with van der Waals surface area (Å²) in [6.45, 7) is 1.64. The molecule has 2 atom stereocenters. The molecule has 4 rings (SSSR count). The van der Waals surface area contributed by atoms with Crippen LogP contribution in [0.15, 0.2) is 30.3 Å². The van der Waals surface area contributed by atoms with Crippen molar-refractivity contribution >= 4 is 5.95 Å². The predicted octanol–water partition coefficient (Wildman–Crippen LogP) is 2.43. The molecule has 0 spiro atoms. The quantitative estimate of drug-likeness (QED) is 0.812. The molecule has 1 aromatic carbocycles. The molecule has 5 heteroatoms. The lowest BCUT2D eigenvalue weighted by molar-refractivity contribution is 0.402. The van der Waals surface area contributed by atoms with Gasteiger partial charge in [0.2, 0.25) is 5.95 Å². The van der Waals surface area contributed by atoms with E-state index in [1.807, 2.05) is 6.07 Å². The maximum Gasteiger partial charge on any atom is 0.223 e. The first kappa shape index (κ1) is 14.6. The highest BCUT2D eigenvalue weighted by molar-refractivity contribution is 5.66. The molecule has 1 fully saturated rings. The Kier molecular flexibility index (Phi) is 3.97. The summed E-state index contributed by atoms with van der Waals surface area (Å²) in [5.41, 5.74) is 10.8. The number of hydrogen-bond acceptors (Lipinski definition) is 5. The minimum Gasteiger partial charge on any atom is -0.350 e. The van der Waals surface area contributed by atoms with E-state index in [1.165, 1.54) is 18.4 Å². The van der Waals surface area contributed by atoms with Crippen molar-refractivity contribution in [3.63, 3.8) is 0 Å². The molecule has 1 aliphatic heterocycles. The summed E-state index contributed by atoms with van der Waals surface area (Å²) >= 11 is 0. The lowest BCUT2D eigenvalue weighted by Gasteiger charge is -2.29. The molecule has 23 heavy (non-hydrogen) atoms. The van der Waals surface area contributed by atoms with Crippen molar-refractivity contribution in [2.24, 2.45) is 5.73 Å². The molecule has 0 amide bonds. The lowest BCUT2D eigenvalue weighted by Crippen LogP contribution is -2.43. The Morgan fingerprint density at radius 1 is 1.04 bits per heavy atom. The van der Waals surface area contributed by atoms with E-state index in [9.17, 15) is 0 Å². The van der Waals surface area contributed by atoms with Crippen molar-refractivity contribution in [1.82, 2.24) is 15.3 Å². The van der Waals surface area contributed by atoms with Crippen molar-refractivity contribution in [1.29, 1.82) is 0 Å². The van der Waals surface area contributed by atoms with Gasteiger partial charge in [-0.15, -0.1) is 0 Å². The van der Waals surface area contributed by atoms with Crippen molar-refractivity contribution < 1.29 is 0 Å². The average molecular weight is 309 g/mol. The Bertz CT molecular complexity index is 685. The molecule has 0 unspecified atom stereocenters. The molecule has 1 aromatic heterocycles. The molecule has 0 saturated heterocycles. The van der Waals surface area contributed by atoms with Gasteiger partial charge in [0.1, 0.15) is 0 Å². The third-order valence-electron chi connectivity index (χ3n) is 4.87. The molecule has 4 N–H and O–H groups in total. The molecule has 0 bridgehead atoms. The molecule has 5 nitrogen and oxygen atoms in total.